The van der Waals surface area contributed by atoms with Gasteiger partial charge in [-0.1, -0.05) is 19.9 Å². The molecule has 2 heteroatoms. The second kappa shape index (κ2) is 3.16. The van der Waals surface area contributed by atoms with E-state index in [9.17, 15) is 4.39 Å². The summed E-state index contributed by atoms with van der Waals surface area (Å²) in [6, 6.07) is 6.29. The zero-order valence-electron chi connectivity index (χ0n) is 12.7. The second-order valence-corrected chi connectivity index (χ2v) is 4.94. The van der Waals surface area contributed by atoms with Gasteiger partial charge in [0.15, 0.2) is 0 Å². The van der Waals surface area contributed by atoms with Crippen LogP contribution in [0.15, 0.2) is 30.5 Å². The Morgan fingerprint density at radius 1 is 1.24 bits per heavy atom. The van der Waals surface area contributed by atoms with Gasteiger partial charge in [-0.3, -0.25) is 4.98 Å². The highest BCUT2D eigenvalue weighted by molar-refractivity contribution is 5.77. The number of fused-ring (bicyclic) bond motifs is 3. The van der Waals surface area contributed by atoms with Gasteiger partial charge < -0.3 is 0 Å². The molecule has 1 aromatic carbocycles. The van der Waals surface area contributed by atoms with Gasteiger partial charge in [-0.2, -0.15) is 0 Å². The van der Waals surface area contributed by atoms with Crippen LogP contribution >= 0.6 is 0 Å². The minimum atomic E-state index is -2.18. The van der Waals surface area contributed by atoms with Crippen LogP contribution in [0.25, 0.3) is 11.3 Å². The average molecular weight is 230 g/mol. The Morgan fingerprint density at radius 3 is 2.82 bits per heavy atom. The highest BCUT2D eigenvalue weighted by Gasteiger charge is 2.36. The first-order chi connectivity index (χ1) is 9.21. The molecule has 0 radical (unpaired) electrons. The van der Waals surface area contributed by atoms with Gasteiger partial charge in [0.05, 0.1) is 5.69 Å². The first-order valence-electron chi connectivity index (χ1n) is 7.02. The predicted octanol–water partition coefficient (Wildman–Crippen LogP) is 3.84. The molecule has 0 bridgehead atoms. The van der Waals surface area contributed by atoms with E-state index in [4.69, 9.17) is 4.11 Å². The van der Waals surface area contributed by atoms with Gasteiger partial charge in [-0.05, 0) is 41.7 Å². The molecule has 1 heterocycles. The van der Waals surface area contributed by atoms with Crippen LogP contribution in [0.2, 0.25) is 0 Å². The summed E-state index contributed by atoms with van der Waals surface area (Å²) in [5, 5.41) is 0. The lowest BCUT2D eigenvalue weighted by Gasteiger charge is -2.21. The van der Waals surface area contributed by atoms with Crippen molar-refractivity contribution in [2.24, 2.45) is 0 Å². The summed E-state index contributed by atoms with van der Waals surface area (Å²) in [4.78, 5) is 4.31. The Hall–Kier alpha value is -1.70. The summed E-state index contributed by atoms with van der Waals surface area (Å²) in [6.45, 7) is 1.74. The fourth-order valence-corrected chi connectivity index (χ4v) is 2.54. The number of aryl methyl sites for hydroxylation is 1. The van der Waals surface area contributed by atoms with Gasteiger partial charge >= 0.3 is 0 Å². The number of pyridine rings is 1. The molecule has 1 nitrogen and oxygen atoms in total. The minimum absolute atomic E-state index is 0.220. The molecule has 0 fully saturated rings. The molecule has 86 valence electrons. The number of hydrogen-bond donors (Lipinski definition) is 0. The molecule has 1 aliphatic carbocycles. The molecule has 1 aliphatic rings. The zero-order chi connectivity index (χ0) is 14.7. The van der Waals surface area contributed by atoms with E-state index in [1.807, 2.05) is 13.8 Å². The number of benzene rings is 1. The first-order valence-corrected chi connectivity index (χ1v) is 5.52. The summed E-state index contributed by atoms with van der Waals surface area (Å²) in [5.41, 5.74) is 3.09. The van der Waals surface area contributed by atoms with E-state index in [2.05, 4.69) is 4.98 Å². The predicted molar refractivity (Wildman–Crippen MR) is 66.5 cm³/mol. The number of nitrogens with zero attached hydrogens (tertiary/aromatic N) is 1. The van der Waals surface area contributed by atoms with E-state index in [0.717, 1.165) is 22.4 Å². The first kappa shape index (κ1) is 7.59. The molecule has 0 atom stereocenters. The molecule has 0 spiro atoms. The van der Waals surface area contributed by atoms with Crippen LogP contribution in [0, 0.1) is 12.7 Å². The molecule has 0 saturated heterocycles. The van der Waals surface area contributed by atoms with E-state index >= 15 is 0 Å². The maximum atomic E-state index is 13.5. The Bertz CT molecular complexity index is 705. The van der Waals surface area contributed by atoms with Crippen molar-refractivity contribution in [3.8, 4) is 11.3 Å². The Kier molecular flexibility index (Phi) is 1.41. The van der Waals surface area contributed by atoms with Crippen molar-refractivity contribution in [2.45, 2.75) is 26.1 Å². The molecule has 2 aromatic rings. The largest absolute Gasteiger partial charge is 0.256 e. The van der Waals surface area contributed by atoms with Crippen molar-refractivity contribution in [1.82, 2.24) is 4.98 Å². The third-order valence-corrected chi connectivity index (χ3v) is 3.47. The van der Waals surface area contributed by atoms with Crippen molar-refractivity contribution in [2.75, 3.05) is 0 Å². The minimum Gasteiger partial charge on any atom is -0.256 e. The molecule has 0 saturated carbocycles. The van der Waals surface area contributed by atoms with Gasteiger partial charge in [0.25, 0.3) is 0 Å². The van der Waals surface area contributed by atoms with Crippen LogP contribution < -0.4 is 0 Å². The fraction of sp³-hybridized carbons (Fsp3) is 0.267. The standard InChI is InChI=1S/C15H14FN/c1-9-6-13-14(17-8-9)11-5-4-10(16)7-12(11)15(13,2)3/h4-8H,1-3H3/i1D3. The summed E-state index contributed by atoms with van der Waals surface area (Å²) in [5.74, 6) is -0.291. The number of aromatic nitrogens is 1. The quantitative estimate of drug-likeness (QED) is 0.670. The molecule has 0 aliphatic heterocycles. The molecular weight excluding hydrogens is 213 g/mol. The summed E-state index contributed by atoms with van der Waals surface area (Å²) in [7, 11) is 0. The van der Waals surface area contributed by atoms with E-state index in [1.165, 1.54) is 18.3 Å². The number of rotatable bonds is 0. The van der Waals surface area contributed by atoms with Crippen LogP contribution in [-0.2, 0) is 5.41 Å². The molecule has 17 heavy (non-hydrogen) atoms. The molecular formula is C15H14FN. The SMILES string of the molecule is [2H]C([2H])([2H])c1cnc2c(c1)C(C)(C)c1cc(F)ccc1-2. The van der Waals surface area contributed by atoms with Crippen molar-refractivity contribution >= 4 is 0 Å². The van der Waals surface area contributed by atoms with Gasteiger partial charge in [-0.25, -0.2) is 4.39 Å². The molecule has 0 amide bonds. The fourth-order valence-electron chi connectivity index (χ4n) is 2.54. The third kappa shape index (κ3) is 1.33. The van der Waals surface area contributed by atoms with Crippen LogP contribution in [0.3, 0.4) is 0 Å². The zero-order valence-corrected chi connectivity index (χ0v) is 9.71. The number of hydrogen-bond acceptors (Lipinski definition) is 1. The molecule has 0 unspecified atom stereocenters. The molecule has 1 aromatic heterocycles. The monoisotopic (exact) mass is 230 g/mol. The third-order valence-electron chi connectivity index (χ3n) is 3.47. The van der Waals surface area contributed by atoms with Crippen LogP contribution in [0.5, 0.6) is 0 Å². The molecule has 3 rings (SSSR count). The van der Waals surface area contributed by atoms with Gasteiger partial charge in [0.1, 0.15) is 5.82 Å². The lowest BCUT2D eigenvalue weighted by molar-refractivity contribution is 0.609. The highest BCUT2D eigenvalue weighted by atomic mass is 19.1. The van der Waals surface area contributed by atoms with E-state index in [1.54, 1.807) is 12.1 Å². The Labute approximate surface area is 105 Å². The maximum absolute atomic E-state index is 13.5. The Balaban J connectivity index is 2.27. The van der Waals surface area contributed by atoms with Gasteiger partial charge in [0, 0.05) is 21.3 Å². The molecule has 0 N–H and O–H groups in total. The second-order valence-electron chi connectivity index (χ2n) is 4.94. The summed E-state index contributed by atoms with van der Waals surface area (Å²) >= 11 is 0. The summed E-state index contributed by atoms with van der Waals surface area (Å²) < 4.78 is 36.0. The van der Waals surface area contributed by atoms with Gasteiger partial charge in [0.2, 0.25) is 0 Å². The Morgan fingerprint density at radius 2 is 2.06 bits per heavy atom. The van der Waals surface area contributed by atoms with Crippen LogP contribution in [-0.4, -0.2) is 4.98 Å². The van der Waals surface area contributed by atoms with E-state index in [-0.39, 0.29) is 11.4 Å². The van der Waals surface area contributed by atoms with Crippen molar-refractivity contribution in [1.29, 1.82) is 0 Å². The maximum Gasteiger partial charge on any atom is 0.123 e. The highest BCUT2D eigenvalue weighted by Crippen LogP contribution is 2.47. The van der Waals surface area contributed by atoms with E-state index in [0.29, 0.717) is 0 Å². The van der Waals surface area contributed by atoms with E-state index < -0.39 is 12.3 Å². The normalized spacial score (nSPS) is 18.9. The smallest absolute Gasteiger partial charge is 0.123 e. The van der Waals surface area contributed by atoms with Crippen LogP contribution in [0.1, 0.15) is 34.7 Å². The topological polar surface area (TPSA) is 12.9 Å². The van der Waals surface area contributed by atoms with Crippen molar-refractivity contribution in [3.63, 3.8) is 0 Å². The lowest BCUT2D eigenvalue weighted by atomic mass is 9.82. The average Bonchev–Trinajstić information content (AvgIpc) is 2.57. The number of halogens is 1. The van der Waals surface area contributed by atoms with Crippen LogP contribution in [0.4, 0.5) is 4.39 Å². The van der Waals surface area contributed by atoms with Crippen molar-refractivity contribution in [3.05, 3.63) is 53.0 Å². The summed E-state index contributed by atoms with van der Waals surface area (Å²) in [6.07, 6.45) is 1.39. The lowest BCUT2D eigenvalue weighted by Crippen LogP contribution is -2.15. The van der Waals surface area contributed by atoms with Gasteiger partial charge in [-0.15, -0.1) is 0 Å². The van der Waals surface area contributed by atoms with Crippen molar-refractivity contribution < 1.29 is 8.50 Å².